The highest BCUT2D eigenvalue weighted by Gasteiger charge is 2.00. The third-order valence-corrected chi connectivity index (χ3v) is 2.95. The van der Waals surface area contributed by atoms with Gasteiger partial charge in [-0.2, -0.15) is 0 Å². The number of nitrogens with zero attached hydrogens (tertiary/aromatic N) is 2. The summed E-state index contributed by atoms with van der Waals surface area (Å²) >= 11 is 7.60. The van der Waals surface area contributed by atoms with Crippen molar-refractivity contribution in [2.24, 2.45) is 0 Å². The smallest absolute Gasteiger partial charge is 0.0949 e. The van der Waals surface area contributed by atoms with Gasteiger partial charge in [-0.15, -0.1) is 11.3 Å². The summed E-state index contributed by atoms with van der Waals surface area (Å²) in [6.45, 7) is 0.816. The van der Waals surface area contributed by atoms with E-state index in [4.69, 9.17) is 11.6 Å². The molecule has 0 bridgehead atoms. The zero-order valence-corrected chi connectivity index (χ0v) is 7.85. The predicted molar refractivity (Wildman–Crippen MR) is 50.7 cm³/mol. The standard InChI is InChI=1S/C8H7ClN2S/c9-7-1-4-12-8(7)5-11-3-2-10-6-11/h1-4,6H,5H2. The number of thiophene rings is 1. The molecule has 4 heteroatoms. The number of hydrogen-bond acceptors (Lipinski definition) is 2. The number of aromatic nitrogens is 2. The topological polar surface area (TPSA) is 17.8 Å². The molecule has 2 aromatic heterocycles. The molecule has 0 aliphatic carbocycles. The van der Waals surface area contributed by atoms with Crippen LogP contribution in [0, 0.1) is 0 Å². The van der Waals surface area contributed by atoms with E-state index in [9.17, 15) is 0 Å². The SMILES string of the molecule is Clc1ccsc1Cn1ccnc1. The van der Waals surface area contributed by atoms with Crippen LogP contribution in [0.2, 0.25) is 5.02 Å². The Kier molecular flexibility index (Phi) is 2.15. The van der Waals surface area contributed by atoms with Gasteiger partial charge in [-0.25, -0.2) is 4.98 Å². The van der Waals surface area contributed by atoms with Gasteiger partial charge >= 0.3 is 0 Å². The Hall–Kier alpha value is -0.800. The molecule has 0 radical (unpaired) electrons. The second-order valence-corrected chi connectivity index (χ2v) is 3.83. The molecule has 2 nitrogen and oxygen atoms in total. The summed E-state index contributed by atoms with van der Waals surface area (Å²) in [5.74, 6) is 0. The molecular formula is C8H7ClN2S. The van der Waals surface area contributed by atoms with Gasteiger partial charge in [0.25, 0.3) is 0 Å². The molecule has 0 fully saturated rings. The largest absolute Gasteiger partial charge is 0.332 e. The van der Waals surface area contributed by atoms with Gasteiger partial charge in [-0.3, -0.25) is 0 Å². The van der Waals surface area contributed by atoms with Crippen LogP contribution in [-0.4, -0.2) is 9.55 Å². The summed E-state index contributed by atoms with van der Waals surface area (Å²) in [7, 11) is 0. The van der Waals surface area contributed by atoms with Gasteiger partial charge in [-0.1, -0.05) is 11.6 Å². The van der Waals surface area contributed by atoms with Crippen LogP contribution in [0.15, 0.2) is 30.2 Å². The van der Waals surface area contributed by atoms with Crippen LogP contribution in [0.3, 0.4) is 0 Å². The molecule has 0 aliphatic heterocycles. The molecule has 2 aromatic rings. The molecule has 12 heavy (non-hydrogen) atoms. The number of hydrogen-bond donors (Lipinski definition) is 0. The zero-order valence-electron chi connectivity index (χ0n) is 6.27. The normalized spacial score (nSPS) is 10.4. The lowest BCUT2D eigenvalue weighted by Crippen LogP contribution is -1.93. The third-order valence-electron chi connectivity index (χ3n) is 1.58. The van der Waals surface area contributed by atoms with Crippen LogP contribution < -0.4 is 0 Å². The average molecular weight is 199 g/mol. The third kappa shape index (κ3) is 1.52. The van der Waals surface area contributed by atoms with Crippen molar-refractivity contribution in [3.05, 3.63) is 40.1 Å². The molecule has 2 heterocycles. The van der Waals surface area contributed by atoms with Crippen molar-refractivity contribution in [2.45, 2.75) is 6.54 Å². The van der Waals surface area contributed by atoms with Crippen molar-refractivity contribution in [1.29, 1.82) is 0 Å². The van der Waals surface area contributed by atoms with Crippen LogP contribution in [0.5, 0.6) is 0 Å². The van der Waals surface area contributed by atoms with Crippen molar-refractivity contribution in [1.82, 2.24) is 9.55 Å². The van der Waals surface area contributed by atoms with E-state index in [0.29, 0.717) is 0 Å². The number of rotatable bonds is 2. The molecule has 2 rings (SSSR count). The first-order valence-electron chi connectivity index (χ1n) is 3.54. The number of halogens is 1. The second-order valence-electron chi connectivity index (χ2n) is 2.43. The molecule has 0 saturated carbocycles. The Morgan fingerprint density at radius 1 is 1.58 bits per heavy atom. The fourth-order valence-corrected chi connectivity index (χ4v) is 2.09. The quantitative estimate of drug-likeness (QED) is 0.726. The van der Waals surface area contributed by atoms with E-state index in [1.54, 1.807) is 23.9 Å². The van der Waals surface area contributed by atoms with Crippen LogP contribution in [0.4, 0.5) is 0 Å². The molecule has 0 amide bonds. The van der Waals surface area contributed by atoms with Crippen LogP contribution in [0.25, 0.3) is 0 Å². The van der Waals surface area contributed by atoms with Gasteiger partial charge in [0, 0.05) is 17.3 Å². The van der Waals surface area contributed by atoms with Gasteiger partial charge in [0.1, 0.15) is 0 Å². The van der Waals surface area contributed by atoms with Crippen molar-refractivity contribution < 1.29 is 0 Å². The zero-order chi connectivity index (χ0) is 8.39. The Bertz CT molecular complexity index is 353. The molecule has 0 unspecified atom stereocenters. The van der Waals surface area contributed by atoms with E-state index in [0.717, 1.165) is 11.6 Å². The Balaban J connectivity index is 2.20. The fraction of sp³-hybridized carbons (Fsp3) is 0.125. The van der Waals surface area contributed by atoms with E-state index in [1.165, 1.54) is 4.88 Å². The molecule has 0 saturated heterocycles. The minimum atomic E-state index is 0.816. The lowest BCUT2D eigenvalue weighted by Gasteiger charge is -1.98. The lowest BCUT2D eigenvalue weighted by atomic mass is 10.4. The van der Waals surface area contributed by atoms with Gasteiger partial charge < -0.3 is 4.57 Å². The van der Waals surface area contributed by atoms with E-state index in [1.807, 2.05) is 22.2 Å². The molecule has 0 spiro atoms. The van der Waals surface area contributed by atoms with E-state index in [2.05, 4.69) is 4.98 Å². The summed E-state index contributed by atoms with van der Waals surface area (Å²) in [5, 5.41) is 2.84. The monoisotopic (exact) mass is 198 g/mol. The second kappa shape index (κ2) is 3.29. The maximum atomic E-state index is 5.93. The summed E-state index contributed by atoms with van der Waals surface area (Å²) in [6.07, 6.45) is 5.48. The van der Waals surface area contributed by atoms with E-state index < -0.39 is 0 Å². The first-order chi connectivity index (χ1) is 5.86. The molecule has 0 aromatic carbocycles. The van der Waals surface area contributed by atoms with Crippen LogP contribution in [0.1, 0.15) is 4.88 Å². The Morgan fingerprint density at radius 2 is 2.50 bits per heavy atom. The maximum Gasteiger partial charge on any atom is 0.0949 e. The van der Waals surface area contributed by atoms with Crippen molar-refractivity contribution in [2.75, 3.05) is 0 Å². The molecular weight excluding hydrogens is 192 g/mol. The minimum absolute atomic E-state index is 0.816. The predicted octanol–water partition coefficient (Wildman–Crippen LogP) is 2.65. The molecule has 0 atom stereocenters. The summed E-state index contributed by atoms with van der Waals surface area (Å²) in [4.78, 5) is 5.13. The maximum absolute atomic E-state index is 5.93. The van der Waals surface area contributed by atoms with Gasteiger partial charge in [0.05, 0.1) is 17.9 Å². The highest BCUT2D eigenvalue weighted by atomic mass is 35.5. The van der Waals surface area contributed by atoms with Crippen LogP contribution >= 0.6 is 22.9 Å². The number of imidazole rings is 1. The first-order valence-corrected chi connectivity index (χ1v) is 4.79. The van der Waals surface area contributed by atoms with Crippen molar-refractivity contribution in [3.8, 4) is 0 Å². The molecule has 0 aliphatic rings. The van der Waals surface area contributed by atoms with Gasteiger partial charge in [-0.05, 0) is 11.4 Å². The van der Waals surface area contributed by atoms with E-state index >= 15 is 0 Å². The Labute approximate surface area is 79.4 Å². The van der Waals surface area contributed by atoms with Crippen molar-refractivity contribution >= 4 is 22.9 Å². The Morgan fingerprint density at radius 3 is 3.08 bits per heavy atom. The highest BCUT2D eigenvalue weighted by Crippen LogP contribution is 2.22. The summed E-state index contributed by atoms with van der Waals surface area (Å²) < 4.78 is 2.00. The van der Waals surface area contributed by atoms with Gasteiger partial charge in [0.15, 0.2) is 0 Å². The lowest BCUT2D eigenvalue weighted by molar-refractivity contribution is 0.810. The fourth-order valence-electron chi connectivity index (χ4n) is 0.984. The molecule has 0 N–H and O–H groups in total. The summed E-state index contributed by atoms with van der Waals surface area (Å²) in [5.41, 5.74) is 0. The van der Waals surface area contributed by atoms with E-state index in [-0.39, 0.29) is 0 Å². The summed E-state index contributed by atoms with van der Waals surface area (Å²) in [6, 6.07) is 1.92. The average Bonchev–Trinajstić information content (AvgIpc) is 2.65. The first kappa shape index (κ1) is 7.83. The highest BCUT2D eigenvalue weighted by molar-refractivity contribution is 7.10. The van der Waals surface area contributed by atoms with Crippen molar-refractivity contribution in [3.63, 3.8) is 0 Å². The molecule has 62 valence electrons. The van der Waals surface area contributed by atoms with Crippen LogP contribution in [-0.2, 0) is 6.54 Å². The minimum Gasteiger partial charge on any atom is -0.332 e. The van der Waals surface area contributed by atoms with Gasteiger partial charge in [0.2, 0.25) is 0 Å².